The van der Waals surface area contributed by atoms with Gasteiger partial charge in [0.2, 0.25) is 0 Å². The van der Waals surface area contributed by atoms with E-state index in [9.17, 15) is 5.11 Å². The van der Waals surface area contributed by atoms with Gasteiger partial charge >= 0.3 is 0 Å². The number of benzene rings is 1. The zero-order chi connectivity index (χ0) is 13.5. The maximum Gasteiger partial charge on any atom is 0.0750 e. The van der Waals surface area contributed by atoms with E-state index in [1.165, 1.54) is 18.4 Å². The van der Waals surface area contributed by atoms with E-state index in [1.54, 1.807) is 0 Å². The van der Waals surface area contributed by atoms with Crippen molar-refractivity contribution in [2.45, 2.75) is 38.8 Å². The molecule has 0 aromatic heterocycles. The molecular weight excluding hydrogens is 234 g/mol. The molecule has 1 saturated heterocycles. The number of aliphatic hydroxyl groups is 1. The molecule has 0 radical (unpaired) electrons. The Morgan fingerprint density at radius 3 is 2.21 bits per heavy atom. The maximum absolute atomic E-state index is 11.0. The predicted molar refractivity (Wildman–Crippen MR) is 77.7 cm³/mol. The van der Waals surface area contributed by atoms with Crippen LogP contribution in [0.5, 0.6) is 0 Å². The van der Waals surface area contributed by atoms with Crippen LogP contribution < -0.4 is 0 Å². The summed E-state index contributed by atoms with van der Waals surface area (Å²) in [6, 6.07) is 10.7. The molecule has 19 heavy (non-hydrogen) atoms. The Labute approximate surface area is 116 Å². The largest absolute Gasteiger partial charge is 0.389 e. The third-order valence-electron chi connectivity index (χ3n) is 5.12. The lowest BCUT2D eigenvalue weighted by Crippen LogP contribution is -2.57. The Morgan fingerprint density at radius 2 is 1.68 bits per heavy atom. The Balaban J connectivity index is 1.68. The molecule has 0 amide bonds. The minimum atomic E-state index is -0.410. The van der Waals surface area contributed by atoms with E-state index in [0.29, 0.717) is 17.8 Å². The Kier molecular flexibility index (Phi) is 3.40. The third-order valence-corrected chi connectivity index (χ3v) is 5.12. The van der Waals surface area contributed by atoms with Crippen LogP contribution in [0.4, 0.5) is 0 Å². The van der Waals surface area contributed by atoms with Crippen LogP contribution in [0, 0.1) is 17.8 Å². The molecule has 3 rings (SSSR count). The molecule has 1 saturated carbocycles. The van der Waals surface area contributed by atoms with Crippen molar-refractivity contribution >= 4 is 0 Å². The number of hydrogen-bond donors (Lipinski definition) is 1. The summed E-state index contributed by atoms with van der Waals surface area (Å²) in [6.07, 6.45) is 2.45. The van der Waals surface area contributed by atoms with Crippen molar-refractivity contribution in [1.29, 1.82) is 0 Å². The van der Waals surface area contributed by atoms with Crippen LogP contribution in [0.25, 0.3) is 0 Å². The number of piperidine rings is 1. The Bertz CT molecular complexity index is 414. The van der Waals surface area contributed by atoms with Gasteiger partial charge in [-0.15, -0.1) is 0 Å². The standard InChI is InChI=1S/C17H25NO/c1-13-10-18(12-15-6-4-3-5-7-15)11-14(2)17(13,19)16-8-9-16/h3-7,13-14,16,19H,8-12H2,1-2H3. The topological polar surface area (TPSA) is 23.5 Å². The smallest absolute Gasteiger partial charge is 0.0750 e. The molecule has 104 valence electrons. The van der Waals surface area contributed by atoms with Crippen molar-refractivity contribution in [3.8, 4) is 0 Å². The second-order valence-electron chi connectivity index (χ2n) is 6.64. The van der Waals surface area contributed by atoms with Crippen molar-refractivity contribution in [3.05, 3.63) is 35.9 Å². The second-order valence-corrected chi connectivity index (χ2v) is 6.64. The highest BCUT2D eigenvalue weighted by molar-refractivity contribution is 5.15. The first kappa shape index (κ1) is 13.1. The van der Waals surface area contributed by atoms with E-state index in [-0.39, 0.29) is 0 Å². The van der Waals surface area contributed by atoms with Crippen LogP contribution in [0.15, 0.2) is 30.3 Å². The van der Waals surface area contributed by atoms with Gasteiger partial charge < -0.3 is 5.11 Å². The lowest BCUT2D eigenvalue weighted by Gasteiger charge is -2.48. The fourth-order valence-electron chi connectivity index (χ4n) is 3.95. The first-order chi connectivity index (χ1) is 9.10. The zero-order valence-electron chi connectivity index (χ0n) is 12.0. The quantitative estimate of drug-likeness (QED) is 0.902. The lowest BCUT2D eigenvalue weighted by molar-refractivity contribution is -0.122. The molecule has 1 N–H and O–H groups in total. The molecule has 1 heterocycles. The van der Waals surface area contributed by atoms with E-state index in [2.05, 4.69) is 49.1 Å². The summed E-state index contributed by atoms with van der Waals surface area (Å²) in [6.45, 7) is 7.51. The monoisotopic (exact) mass is 259 g/mol. The van der Waals surface area contributed by atoms with Gasteiger partial charge in [0, 0.05) is 19.6 Å². The molecule has 2 fully saturated rings. The molecule has 2 nitrogen and oxygen atoms in total. The highest BCUT2D eigenvalue weighted by atomic mass is 16.3. The molecule has 0 bridgehead atoms. The minimum absolute atomic E-state index is 0.382. The summed E-state index contributed by atoms with van der Waals surface area (Å²) < 4.78 is 0. The molecule has 0 spiro atoms. The number of rotatable bonds is 3. The normalized spacial score (nSPS) is 36.4. The second kappa shape index (κ2) is 4.92. The fraction of sp³-hybridized carbons (Fsp3) is 0.647. The molecular formula is C17H25NO. The minimum Gasteiger partial charge on any atom is -0.389 e. The zero-order valence-corrected chi connectivity index (χ0v) is 12.0. The first-order valence-electron chi connectivity index (χ1n) is 7.59. The Morgan fingerprint density at radius 1 is 1.11 bits per heavy atom. The average molecular weight is 259 g/mol. The molecule has 2 atom stereocenters. The third kappa shape index (κ3) is 2.44. The van der Waals surface area contributed by atoms with Gasteiger partial charge in [-0.3, -0.25) is 4.90 Å². The van der Waals surface area contributed by atoms with Gasteiger partial charge in [-0.1, -0.05) is 44.2 Å². The molecule has 2 aliphatic rings. The van der Waals surface area contributed by atoms with E-state index in [4.69, 9.17) is 0 Å². The molecule has 2 unspecified atom stereocenters. The van der Waals surface area contributed by atoms with Crippen LogP contribution in [-0.2, 0) is 6.54 Å². The van der Waals surface area contributed by atoms with E-state index < -0.39 is 5.60 Å². The van der Waals surface area contributed by atoms with Crippen LogP contribution >= 0.6 is 0 Å². The molecule has 1 aromatic rings. The summed E-state index contributed by atoms with van der Waals surface area (Å²) in [5.74, 6) is 1.33. The lowest BCUT2D eigenvalue weighted by atomic mass is 9.71. The number of likely N-dealkylation sites (tertiary alicyclic amines) is 1. The van der Waals surface area contributed by atoms with Crippen LogP contribution in [0.1, 0.15) is 32.3 Å². The average Bonchev–Trinajstić information content (AvgIpc) is 3.21. The molecule has 2 heteroatoms. The van der Waals surface area contributed by atoms with Gasteiger partial charge in [-0.25, -0.2) is 0 Å². The summed E-state index contributed by atoms with van der Waals surface area (Å²) in [4.78, 5) is 2.50. The van der Waals surface area contributed by atoms with Gasteiger partial charge in [0.1, 0.15) is 0 Å². The van der Waals surface area contributed by atoms with Crippen molar-refractivity contribution in [1.82, 2.24) is 4.90 Å². The van der Waals surface area contributed by atoms with Crippen molar-refractivity contribution in [2.24, 2.45) is 17.8 Å². The van der Waals surface area contributed by atoms with Gasteiger partial charge in [0.05, 0.1) is 5.60 Å². The van der Waals surface area contributed by atoms with Crippen molar-refractivity contribution in [2.75, 3.05) is 13.1 Å². The van der Waals surface area contributed by atoms with E-state index >= 15 is 0 Å². The van der Waals surface area contributed by atoms with E-state index in [1.807, 2.05) is 0 Å². The summed E-state index contributed by atoms with van der Waals surface area (Å²) in [7, 11) is 0. The van der Waals surface area contributed by atoms with Crippen LogP contribution in [0.2, 0.25) is 0 Å². The summed E-state index contributed by atoms with van der Waals surface area (Å²) >= 11 is 0. The molecule has 1 aromatic carbocycles. The fourth-order valence-corrected chi connectivity index (χ4v) is 3.95. The number of hydrogen-bond acceptors (Lipinski definition) is 2. The number of nitrogens with zero attached hydrogens (tertiary/aromatic N) is 1. The van der Waals surface area contributed by atoms with Gasteiger partial charge in [0.15, 0.2) is 0 Å². The first-order valence-corrected chi connectivity index (χ1v) is 7.59. The summed E-state index contributed by atoms with van der Waals surface area (Å²) in [5.41, 5.74) is 0.964. The maximum atomic E-state index is 11.0. The van der Waals surface area contributed by atoms with Gasteiger partial charge in [-0.2, -0.15) is 0 Å². The molecule has 1 aliphatic carbocycles. The van der Waals surface area contributed by atoms with Gasteiger partial charge in [-0.05, 0) is 36.2 Å². The highest BCUT2D eigenvalue weighted by Gasteiger charge is 2.53. The van der Waals surface area contributed by atoms with E-state index in [0.717, 1.165) is 19.6 Å². The van der Waals surface area contributed by atoms with Crippen LogP contribution in [0.3, 0.4) is 0 Å². The molecule has 1 aliphatic heterocycles. The predicted octanol–water partition coefficient (Wildman–Crippen LogP) is 2.92. The van der Waals surface area contributed by atoms with Gasteiger partial charge in [0.25, 0.3) is 0 Å². The van der Waals surface area contributed by atoms with Crippen molar-refractivity contribution < 1.29 is 5.11 Å². The van der Waals surface area contributed by atoms with Crippen molar-refractivity contribution in [3.63, 3.8) is 0 Å². The van der Waals surface area contributed by atoms with Crippen LogP contribution in [-0.4, -0.2) is 28.7 Å². The summed E-state index contributed by atoms with van der Waals surface area (Å²) in [5, 5.41) is 11.0. The Hall–Kier alpha value is -0.860. The highest BCUT2D eigenvalue weighted by Crippen LogP contribution is 2.49. The SMILES string of the molecule is CC1CN(Cc2ccccc2)CC(C)C1(O)C1CC1.